The molecule has 7 unspecified atom stereocenters. The second-order valence-corrected chi connectivity index (χ2v) is 15.8. The number of carbonyl (C=O) groups is 1. The smallest absolute Gasteiger partial charge is 0.220 e. The summed E-state index contributed by atoms with van der Waals surface area (Å²) in [5.74, 6) is -0.192. The summed E-state index contributed by atoms with van der Waals surface area (Å²) in [5, 5.41) is 54.0. The van der Waals surface area contributed by atoms with E-state index >= 15 is 0 Å². The molecule has 0 radical (unpaired) electrons. The Balaban J connectivity index is 2.27. The number of unbranched alkanes of at least 4 members (excludes halogenated alkanes) is 23. The number of allylic oxidation sites excluding steroid dienone is 5. The third-order valence-electron chi connectivity index (χ3n) is 10.7. The average Bonchev–Trinajstić information content (AvgIpc) is 3.18. The maximum absolute atomic E-state index is 12.9. The van der Waals surface area contributed by atoms with Crippen molar-refractivity contribution >= 4 is 5.91 Å². The van der Waals surface area contributed by atoms with Gasteiger partial charge < -0.3 is 40.3 Å². The van der Waals surface area contributed by atoms with Gasteiger partial charge in [-0.1, -0.05) is 185 Å². The molecule has 1 amide bonds. The van der Waals surface area contributed by atoms with Gasteiger partial charge in [0.15, 0.2) is 6.29 Å². The minimum absolute atomic E-state index is 0.192. The molecule has 1 aliphatic heterocycles. The van der Waals surface area contributed by atoms with Crippen molar-refractivity contribution < 1.29 is 39.8 Å². The monoisotopic (exact) mass is 780 g/mol. The van der Waals surface area contributed by atoms with Gasteiger partial charge in [0, 0.05) is 6.42 Å². The van der Waals surface area contributed by atoms with Crippen molar-refractivity contribution in [1.29, 1.82) is 0 Å². The second kappa shape index (κ2) is 36.7. The van der Waals surface area contributed by atoms with Crippen LogP contribution in [0.15, 0.2) is 36.5 Å². The van der Waals surface area contributed by atoms with E-state index in [1.807, 2.05) is 6.08 Å². The molecule has 1 heterocycles. The van der Waals surface area contributed by atoms with Crippen LogP contribution < -0.4 is 5.32 Å². The summed E-state index contributed by atoms with van der Waals surface area (Å²) in [7, 11) is 0. The standard InChI is InChI=1S/C46H85NO8/c1-3-5-7-9-11-13-15-16-17-18-19-20-21-22-23-24-25-26-28-30-32-34-36-42(50)47-39(38-54-46-45(53)44(52)43(51)41(37-48)55-46)40(49)35-33-31-29-27-14-12-10-8-6-4-2/h6,8,14,27,33,35,39-41,43-46,48-49,51-53H,3-5,7,9-13,15-26,28-32,34,36-38H2,1-2H3,(H,47,50)/b8-6+,27-14+,35-33+. The molecule has 0 saturated carbocycles. The molecular formula is C46H85NO8. The molecule has 322 valence electrons. The van der Waals surface area contributed by atoms with Crippen LogP contribution in [-0.4, -0.2) is 87.5 Å². The lowest BCUT2D eigenvalue weighted by Crippen LogP contribution is -2.60. The van der Waals surface area contributed by atoms with Crippen molar-refractivity contribution in [3.63, 3.8) is 0 Å². The van der Waals surface area contributed by atoms with Gasteiger partial charge in [-0.05, 0) is 38.5 Å². The van der Waals surface area contributed by atoms with E-state index in [1.165, 1.54) is 122 Å². The highest BCUT2D eigenvalue weighted by Gasteiger charge is 2.44. The first-order chi connectivity index (χ1) is 26.8. The number of aliphatic hydroxyl groups excluding tert-OH is 5. The maximum Gasteiger partial charge on any atom is 0.220 e. The summed E-state index contributed by atoms with van der Waals surface area (Å²) >= 11 is 0. The van der Waals surface area contributed by atoms with Crippen molar-refractivity contribution in [2.24, 2.45) is 0 Å². The third kappa shape index (κ3) is 27.6. The fraction of sp³-hybridized carbons (Fsp3) is 0.848. The second-order valence-electron chi connectivity index (χ2n) is 15.8. The van der Waals surface area contributed by atoms with Gasteiger partial charge >= 0.3 is 0 Å². The third-order valence-corrected chi connectivity index (χ3v) is 10.7. The predicted molar refractivity (Wildman–Crippen MR) is 226 cm³/mol. The van der Waals surface area contributed by atoms with E-state index in [0.29, 0.717) is 6.42 Å². The van der Waals surface area contributed by atoms with Gasteiger partial charge in [0.25, 0.3) is 0 Å². The Bertz CT molecular complexity index is 956. The Labute approximate surface area is 336 Å². The summed E-state index contributed by atoms with van der Waals surface area (Å²) in [6.45, 7) is 3.63. The number of carbonyl (C=O) groups excluding carboxylic acids is 1. The lowest BCUT2D eigenvalue weighted by atomic mass is 9.99. The van der Waals surface area contributed by atoms with Gasteiger partial charge in [0.2, 0.25) is 5.91 Å². The number of rotatable bonds is 37. The molecule has 0 aromatic rings. The summed E-state index contributed by atoms with van der Waals surface area (Å²) in [6.07, 6.45) is 37.8. The number of hydrogen-bond donors (Lipinski definition) is 6. The lowest BCUT2D eigenvalue weighted by molar-refractivity contribution is -0.302. The van der Waals surface area contributed by atoms with Crippen LogP contribution in [0.5, 0.6) is 0 Å². The summed E-state index contributed by atoms with van der Waals surface area (Å²) in [6, 6.07) is -0.822. The van der Waals surface area contributed by atoms with E-state index < -0.39 is 49.5 Å². The summed E-state index contributed by atoms with van der Waals surface area (Å²) < 4.78 is 11.2. The Hall–Kier alpha value is -1.59. The van der Waals surface area contributed by atoms with Crippen molar-refractivity contribution in [2.45, 2.75) is 236 Å². The van der Waals surface area contributed by atoms with Gasteiger partial charge in [0.05, 0.1) is 25.4 Å². The molecule has 0 aliphatic carbocycles. The zero-order valence-electron chi connectivity index (χ0n) is 35.2. The molecule has 55 heavy (non-hydrogen) atoms. The normalized spacial score (nSPS) is 21.6. The highest BCUT2D eigenvalue weighted by Crippen LogP contribution is 2.22. The molecule has 0 aromatic carbocycles. The molecule has 7 atom stereocenters. The van der Waals surface area contributed by atoms with E-state index in [0.717, 1.165) is 51.4 Å². The number of ether oxygens (including phenoxy) is 2. The largest absolute Gasteiger partial charge is 0.394 e. The van der Waals surface area contributed by atoms with E-state index in [4.69, 9.17) is 9.47 Å². The molecule has 0 spiro atoms. The quantitative estimate of drug-likeness (QED) is 0.0270. The van der Waals surface area contributed by atoms with Gasteiger partial charge in [-0.3, -0.25) is 4.79 Å². The van der Waals surface area contributed by atoms with Crippen molar-refractivity contribution in [3.8, 4) is 0 Å². The van der Waals surface area contributed by atoms with E-state index in [9.17, 15) is 30.3 Å². The fourth-order valence-corrected chi connectivity index (χ4v) is 7.08. The SMILES string of the molecule is CC/C=C/CC/C=C/CC/C=C/C(O)C(COC1OC(CO)C(O)C(O)C1O)NC(=O)CCCCCCCCCCCCCCCCCCCCCCCC. The molecule has 1 saturated heterocycles. The van der Waals surface area contributed by atoms with Crippen LogP contribution in [0.2, 0.25) is 0 Å². The average molecular weight is 780 g/mol. The first kappa shape index (κ1) is 51.4. The minimum atomic E-state index is -1.57. The van der Waals surface area contributed by atoms with Crippen LogP contribution in [0.3, 0.4) is 0 Å². The van der Waals surface area contributed by atoms with Crippen molar-refractivity contribution in [1.82, 2.24) is 5.32 Å². The Morgan fingerprint density at radius 3 is 1.51 bits per heavy atom. The molecule has 0 aromatic heterocycles. The topological polar surface area (TPSA) is 149 Å². The molecule has 6 N–H and O–H groups in total. The Morgan fingerprint density at radius 2 is 1.05 bits per heavy atom. The molecule has 9 nitrogen and oxygen atoms in total. The van der Waals surface area contributed by atoms with Crippen LogP contribution in [0, 0.1) is 0 Å². The highest BCUT2D eigenvalue weighted by molar-refractivity contribution is 5.76. The van der Waals surface area contributed by atoms with Crippen LogP contribution >= 0.6 is 0 Å². The van der Waals surface area contributed by atoms with Crippen molar-refractivity contribution in [3.05, 3.63) is 36.5 Å². The van der Waals surface area contributed by atoms with Crippen molar-refractivity contribution in [2.75, 3.05) is 13.2 Å². The fourth-order valence-electron chi connectivity index (χ4n) is 7.08. The number of amides is 1. The number of nitrogens with one attached hydrogen (secondary N) is 1. The van der Waals surface area contributed by atoms with E-state index in [1.54, 1.807) is 6.08 Å². The maximum atomic E-state index is 12.9. The highest BCUT2D eigenvalue weighted by atomic mass is 16.7. The van der Waals surface area contributed by atoms with E-state index in [-0.39, 0.29) is 12.5 Å². The summed E-state index contributed by atoms with van der Waals surface area (Å²) in [4.78, 5) is 12.9. The zero-order chi connectivity index (χ0) is 40.2. The molecule has 0 bridgehead atoms. The lowest BCUT2D eigenvalue weighted by Gasteiger charge is -2.40. The van der Waals surface area contributed by atoms with Crippen LogP contribution in [0.1, 0.15) is 194 Å². The number of hydrogen-bond acceptors (Lipinski definition) is 8. The number of aliphatic hydroxyl groups is 5. The van der Waals surface area contributed by atoms with Gasteiger partial charge in [-0.2, -0.15) is 0 Å². The first-order valence-electron chi connectivity index (χ1n) is 22.7. The Morgan fingerprint density at radius 1 is 0.618 bits per heavy atom. The molecule has 1 aliphatic rings. The summed E-state index contributed by atoms with van der Waals surface area (Å²) in [5.41, 5.74) is 0. The Kier molecular flexibility index (Phi) is 34.3. The van der Waals surface area contributed by atoms with Gasteiger partial charge in [-0.15, -0.1) is 0 Å². The molecule has 9 heteroatoms. The molecular weight excluding hydrogens is 695 g/mol. The van der Waals surface area contributed by atoms with Crippen LogP contribution in [0.25, 0.3) is 0 Å². The van der Waals surface area contributed by atoms with Gasteiger partial charge in [0.1, 0.15) is 24.4 Å². The zero-order valence-corrected chi connectivity index (χ0v) is 35.2. The predicted octanol–water partition coefficient (Wildman–Crippen LogP) is 9.28. The first-order valence-corrected chi connectivity index (χ1v) is 22.7. The van der Waals surface area contributed by atoms with Crippen LogP contribution in [-0.2, 0) is 14.3 Å². The van der Waals surface area contributed by atoms with Gasteiger partial charge in [-0.25, -0.2) is 0 Å². The van der Waals surface area contributed by atoms with E-state index in [2.05, 4.69) is 43.5 Å². The minimum Gasteiger partial charge on any atom is -0.394 e. The molecule has 1 fully saturated rings. The van der Waals surface area contributed by atoms with Crippen LogP contribution in [0.4, 0.5) is 0 Å². The molecule has 1 rings (SSSR count).